The Morgan fingerprint density at radius 2 is 1.66 bits per heavy atom. The minimum Gasteiger partial charge on any atom is -0.483 e. The molecule has 3 rings (SSSR count). The van der Waals surface area contributed by atoms with E-state index in [1.165, 1.54) is 0 Å². The number of ether oxygens (including phenoxy) is 1. The summed E-state index contributed by atoms with van der Waals surface area (Å²) in [6.45, 7) is 4.05. The van der Waals surface area contributed by atoms with Crippen LogP contribution in [0.5, 0.6) is 5.75 Å². The van der Waals surface area contributed by atoms with Gasteiger partial charge in [-0.05, 0) is 52.5 Å². The van der Waals surface area contributed by atoms with Gasteiger partial charge in [0.25, 0.3) is 5.91 Å². The number of carbonyl (C=O) groups excluding carboxylic acids is 2. The van der Waals surface area contributed by atoms with Crippen molar-refractivity contribution in [1.82, 2.24) is 16.2 Å². The number of nitrogens with one attached hydrogen (secondary N) is 3. The Labute approximate surface area is 193 Å². The van der Waals surface area contributed by atoms with Gasteiger partial charge >= 0.3 is 0 Å². The summed E-state index contributed by atoms with van der Waals surface area (Å²) in [6, 6.07) is 21.4. The molecule has 0 saturated heterocycles. The fraction of sp³-hybridized carbons (Fsp3) is 0.240. The molecule has 1 unspecified atom stereocenters. The van der Waals surface area contributed by atoms with Gasteiger partial charge in [-0.15, -0.1) is 0 Å². The van der Waals surface area contributed by atoms with Crippen molar-refractivity contribution in [2.75, 3.05) is 6.61 Å². The van der Waals surface area contributed by atoms with Crippen LogP contribution in [0.25, 0.3) is 10.8 Å². The molecule has 0 fully saturated rings. The van der Waals surface area contributed by atoms with Crippen molar-refractivity contribution < 1.29 is 14.3 Å². The van der Waals surface area contributed by atoms with Gasteiger partial charge in [-0.2, -0.15) is 0 Å². The van der Waals surface area contributed by atoms with Gasteiger partial charge in [0.15, 0.2) is 11.7 Å². The molecule has 32 heavy (non-hydrogen) atoms. The number of para-hydroxylation sites is 1. The lowest BCUT2D eigenvalue weighted by atomic mass is 9.98. The number of amides is 2. The van der Waals surface area contributed by atoms with Crippen LogP contribution in [0.15, 0.2) is 66.7 Å². The summed E-state index contributed by atoms with van der Waals surface area (Å²) in [5.74, 6) is 0.335. The van der Waals surface area contributed by atoms with Crippen molar-refractivity contribution >= 4 is 39.9 Å². The van der Waals surface area contributed by atoms with E-state index in [1.54, 1.807) is 0 Å². The van der Waals surface area contributed by atoms with Crippen LogP contribution >= 0.6 is 12.2 Å². The number of thiocarbonyl (C=S) groups is 1. The smallest absolute Gasteiger partial charge is 0.276 e. The number of hydrogen-bond donors (Lipinski definition) is 3. The van der Waals surface area contributed by atoms with Crippen LogP contribution in [-0.4, -0.2) is 23.5 Å². The third kappa shape index (κ3) is 6.28. The van der Waals surface area contributed by atoms with Gasteiger partial charge in [-0.3, -0.25) is 20.4 Å². The first-order chi connectivity index (χ1) is 15.5. The quantitative estimate of drug-likeness (QED) is 0.375. The van der Waals surface area contributed by atoms with Crippen LogP contribution in [-0.2, 0) is 16.0 Å². The molecule has 0 aliphatic heterocycles. The Morgan fingerprint density at radius 1 is 0.938 bits per heavy atom. The van der Waals surface area contributed by atoms with Crippen LogP contribution in [0, 0.1) is 0 Å². The van der Waals surface area contributed by atoms with Crippen LogP contribution in [0.1, 0.15) is 37.3 Å². The molecule has 0 heterocycles. The van der Waals surface area contributed by atoms with E-state index in [0.717, 1.165) is 28.3 Å². The minimum atomic E-state index is -0.408. The Balaban J connectivity index is 1.45. The van der Waals surface area contributed by atoms with Crippen molar-refractivity contribution in [2.24, 2.45) is 0 Å². The van der Waals surface area contributed by atoms with Crippen molar-refractivity contribution in [1.29, 1.82) is 0 Å². The second kappa shape index (κ2) is 11.2. The van der Waals surface area contributed by atoms with Gasteiger partial charge in [0, 0.05) is 0 Å². The number of benzene rings is 3. The molecule has 166 valence electrons. The van der Waals surface area contributed by atoms with Crippen molar-refractivity contribution in [3.63, 3.8) is 0 Å². The van der Waals surface area contributed by atoms with Crippen molar-refractivity contribution in [3.05, 3.63) is 77.9 Å². The molecule has 0 aromatic heterocycles. The van der Waals surface area contributed by atoms with Gasteiger partial charge in [-0.25, -0.2) is 0 Å². The van der Waals surface area contributed by atoms with E-state index in [2.05, 4.69) is 30.0 Å². The number of fused-ring (bicyclic) bond motifs is 1. The van der Waals surface area contributed by atoms with E-state index in [0.29, 0.717) is 11.7 Å². The molecule has 3 aromatic carbocycles. The molecular formula is C25H27N3O3S. The summed E-state index contributed by atoms with van der Waals surface area (Å²) < 4.78 is 5.67. The average molecular weight is 450 g/mol. The first kappa shape index (κ1) is 23.2. The maximum atomic E-state index is 12.4. The van der Waals surface area contributed by atoms with Crippen LogP contribution in [0.2, 0.25) is 0 Å². The zero-order chi connectivity index (χ0) is 22.9. The molecule has 7 heteroatoms. The third-order valence-electron chi connectivity index (χ3n) is 5.22. The summed E-state index contributed by atoms with van der Waals surface area (Å²) in [6.07, 6.45) is 1.15. The standard InChI is InChI=1S/C25H27N3O3S/c1-3-17(2)20-12-6-7-14-22(20)31-16-24(30)27-28-25(32)26-23(29)15-19-11-8-10-18-9-4-5-13-21(18)19/h4-14,17H,3,15-16H2,1-2H3,(H,27,30)(H2,26,28,29,32). The lowest BCUT2D eigenvalue weighted by Crippen LogP contribution is -2.50. The first-order valence-corrected chi connectivity index (χ1v) is 11.0. The predicted molar refractivity (Wildman–Crippen MR) is 130 cm³/mol. The number of carbonyl (C=O) groups is 2. The van der Waals surface area contributed by atoms with Gasteiger partial charge in [0.1, 0.15) is 5.75 Å². The highest BCUT2D eigenvalue weighted by Crippen LogP contribution is 2.28. The molecule has 0 bridgehead atoms. The molecule has 3 aromatic rings. The SMILES string of the molecule is CCC(C)c1ccccc1OCC(=O)NNC(=S)NC(=O)Cc1cccc2ccccc12. The second-order valence-electron chi connectivity index (χ2n) is 7.50. The minimum absolute atomic E-state index is 0.0172. The van der Waals surface area contributed by atoms with Gasteiger partial charge in [-0.1, -0.05) is 74.5 Å². The van der Waals surface area contributed by atoms with E-state index < -0.39 is 5.91 Å². The zero-order valence-electron chi connectivity index (χ0n) is 18.2. The van der Waals surface area contributed by atoms with Crippen LogP contribution < -0.4 is 20.9 Å². The fourth-order valence-electron chi connectivity index (χ4n) is 3.37. The van der Waals surface area contributed by atoms with Crippen molar-refractivity contribution in [3.8, 4) is 5.75 Å². The Hall–Kier alpha value is -3.45. The van der Waals surface area contributed by atoms with E-state index >= 15 is 0 Å². The largest absolute Gasteiger partial charge is 0.483 e. The molecule has 0 aliphatic rings. The van der Waals surface area contributed by atoms with Gasteiger partial charge in [0.2, 0.25) is 5.91 Å². The van der Waals surface area contributed by atoms with Crippen LogP contribution in [0.4, 0.5) is 0 Å². The Morgan fingerprint density at radius 3 is 2.47 bits per heavy atom. The maximum Gasteiger partial charge on any atom is 0.276 e. The highest BCUT2D eigenvalue weighted by atomic mass is 32.1. The monoisotopic (exact) mass is 449 g/mol. The molecule has 0 radical (unpaired) electrons. The number of rotatable bonds is 7. The lowest BCUT2D eigenvalue weighted by molar-refractivity contribution is -0.124. The number of hydrazine groups is 1. The number of hydrogen-bond acceptors (Lipinski definition) is 4. The normalized spacial score (nSPS) is 11.4. The third-order valence-corrected chi connectivity index (χ3v) is 5.42. The molecule has 6 nitrogen and oxygen atoms in total. The molecular weight excluding hydrogens is 422 g/mol. The molecule has 3 N–H and O–H groups in total. The molecule has 0 aliphatic carbocycles. The highest BCUT2D eigenvalue weighted by molar-refractivity contribution is 7.80. The summed E-state index contributed by atoms with van der Waals surface area (Å²) in [5.41, 5.74) is 6.95. The van der Waals surface area contributed by atoms with E-state index in [-0.39, 0.29) is 24.0 Å². The summed E-state index contributed by atoms with van der Waals surface area (Å²) >= 11 is 5.11. The molecule has 1 atom stereocenters. The zero-order valence-corrected chi connectivity index (χ0v) is 19.0. The Bertz CT molecular complexity index is 1110. The summed E-state index contributed by atoms with van der Waals surface area (Å²) in [4.78, 5) is 24.5. The average Bonchev–Trinajstić information content (AvgIpc) is 2.81. The van der Waals surface area contributed by atoms with Crippen LogP contribution in [0.3, 0.4) is 0 Å². The van der Waals surface area contributed by atoms with Gasteiger partial charge < -0.3 is 10.1 Å². The second-order valence-corrected chi connectivity index (χ2v) is 7.91. The molecule has 0 saturated carbocycles. The maximum absolute atomic E-state index is 12.4. The fourth-order valence-corrected chi connectivity index (χ4v) is 3.53. The van der Waals surface area contributed by atoms with Crippen molar-refractivity contribution in [2.45, 2.75) is 32.6 Å². The topological polar surface area (TPSA) is 79.5 Å². The first-order valence-electron chi connectivity index (χ1n) is 10.5. The molecule has 2 amide bonds. The summed E-state index contributed by atoms with van der Waals surface area (Å²) in [5, 5.41) is 4.69. The van der Waals surface area contributed by atoms with E-state index in [1.807, 2.05) is 66.7 Å². The van der Waals surface area contributed by atoms with E-state index in [4.69, 9.17) is 17.0 Å². The lowest BCUT2D eigenvalue weighted by Gasteiger charge is -2.16. The predicted octanol–water partition coefficient (Wildman–Crippen LogP) is 4.00. The van der Waals surface area contributed by atoms with E-state index in [9.17, 15) is 9.59 Å². The highest BCUT2D eigenvalue weighted by Gasteiger charge is 2.12. The van der Waals surface area contributed by atoms with Gasteiger partial charge in [0.05, 0.1) is 6.42 Å². The Kier molecular flexibility index (Phi) is 8.16. The molecule has 0 spiro atoms. The summed E-state index contributed by atoms with van der Waals surface area (Å²) in [7, 11) is 0.